The third-order valence-corrected chi connectivity index (χ3v) is 2.68. The molecule has 4 heteroatoms. The molecule has 84 valence electrons. The maximum atomic E-state index is 11.4. The number of carbonyl (C=O) groups is 3. The van der Waals surface area contributed by atoms with Gasteiger partial charge in [-0.25, -0.2) is 0 Å². The van der Waals surface area contributed by atoms with Crippen LogP contribution in [0.25, 0.3) is 0 Å². The molecule has 0 atom stereocenters. The van der Waals surface area contributed by atoms with Gasteiger partial charge in [0.25, 0.3) is 6.45 Å². The number of ether oxygens (including phenoxy) is 1. The Kier molecular flexibility index (Phi) is 4.36. The quantitative estimate of drug-likeness (QED) is 0.492. The van der Waals surface area contributed by atoms with Crippen molar-refractivity contribution in [2.24, 2.45) is 5.92 Å². The van der Waals surface area contributed by atoms with Gasteiger partial charge in [-0.05, 0) is 5.92 Å². The van der Waals surface area contributed by atoms with E-state index in [2.05, 4.69) is 4.74 Å². The molecule has 4 nitrogen and oxygen atoms in total. The van der Waals surface area contributed by atoms with Crippen molar-refractivity contribution in [3.63, 3.8) is 0 Å². The van der Waals surface area contributed by atoms with Crippen LogP contribution in [-0.2, 0) is 19.1 Å². The summed E-state index contributed by atoms with van der Waals surface area (Å²) in [5.74, 6) is -0.0828. The Morgan fingerprint density at radius 3 is 2.60 bits per heavy atom. The highest BCUT2D eigenvalue weighted by atomic mass is 16.5. The minimum absolute atomic E-state index is 0.0853. The second kappa shape index (κ2) is 6.32. The van der Waals surface area contributed by atoms with Gasteiger partial charge in [0.1, 0.15) is 12.4 Å². The van der Waals surface area contributed by atoms with Crippen molar-refractivity contribution in [1.82, 2.24) is 0 Å². The first-order valence-corrected chi connectivity index (χ1v) is 5.24. The highest BCUT2D eigenvalue weighted by Crippen LogP contribution is 2.27. The van der Waals surface area contributed by atoms with Crippen LogP contribution in [0.15, 0.2) is 0 Å². The average molecular weight is 213 g/mol. The lowest BCUT2D eigenvalue weighted by Gasteiger charge is -2.06. The molecule has 0 saturated heterocycles. The number of ketones is 2. The highest BCUT2D eigenvalue weighted by molar-refractivity contribution is 5.99. The molecule has 0 aromatic heterocycles. The first kappa shape index (κ1) is 10.3. The van der Waals surface area contributed by atoms with E-state index in [1.54, 1.807) is 0 Å². The Morgan fingerprint density at radius 2 is 2.00 bits per heavy atom. The zero-order valence-corrected chi connectivity index (χ0v) is 8.66. The molecule has 1 rings (SSSR count). The molecule has 1 aliphatic carbocycles. The average Bonchev–Trinajstić information content (AvgIpc) is 2.67. The molecule has 0 heterocycles. The predicted octanol–water partition coefficient (Wildman–Crippen LogP) is 1.27. The summed E-state index contributed by atoms with van der Waals surface area (Å²) in [7, 11) is 0. The first-order chi connectivity index (χ1) is 7.58. The first-order valence-electron chi connectivity index (χ1n) is 5.74. The maximum absolute atomic E-state index is 11.4. The van der Waals surface area contributed by atoms with E-state index in [0.717, 1.165) is 12.8 Å². The van der Waals surface area contributed by atoms with Gasteiger partial charge in [-0.1, -0.05) is 25.7 Å². The molecule has 15 heavy (non-hydrogen) atoms. The van der Waals surface area contributed by atoms with Crippen molar-refractivity contribution in [2.75, 3.05) is 6.61 Å². The fourth-order valence-corrected chi connectivity index (χ4v) is 1.99. The van der Waals surface area contributed by atoms with Crippen LogP contribution in [-0.4, -0.2) is 24.6 Å². The third kappa shape index (κ3) is 4.72. The van der Waals surface area contributed by atoms with Gasteiger partial charge in [-0.15, -0.1) is 0 Å². The van der Waals surface area contributed by atoms with Gasteiger partial charge in [0.2, 0.25) is 0 Å². The zero-order valence-electron chi connectivity index (χ0n) is 9.66. The molecule has 1 fully saturated rings. The molecule has 0 aliphatic heterocycles. The normalized spacial score (nSPS) is 17.2. The fourth-order valence-electron chi connectivity index (χ4n) is 1.99. The minimum Gasteiger partial charge on any atom is -0.460 e. The summed E-state index contributed by atoms with van der Waals surface area (Å²) < 4.78 is 10.6. The monoisotopic (exact) mass is 213 g/mol. The number of carbonyl (C=O) groups excluding carboxylic acids is 3. The van der Waals surface area contributed by atoms with E-state index >= 15 is 0 Å². The minimum atomic E-state index is -1.24. The van der Waals surface area contributed by atoms with Crippen LogP contribution in [0.4, 0.5) is 0 Å². The van der Waals surface area contributed by atoms with Gasteiger partial charge < -0.3 is 4.74 Å². The summed E-state index contributed by atoms with van der Waals surface area (Å²) in [6.45, 7) is -0.460. The Balaban J connectivity index is 2.17. The summed E-state index contributed by atoms with van der Waals surface area (Å²) in [6, 6.07) is 0. The van der Waals surface area contributed by atoms with Crippen molar-refractivity contribution in [2.45, 2.75) is 38.5 Å². The lowest BCUT2D eigenvalue weighted by Crippen LogP contribution is -2.15. The summed E-state index contributed by atoms with van der Waals surface area (Å²) in [5, 5.41) is 0. The van der Waals surface area contributed by atoms with Crippen LogP contribution in [0.1, 0.15) is 39.9 Å². The Hall–Kier alpha value is -1.19. The SMILES string of the molecule is [2H]C(=O)OCC(=O)CC(=O)CC1CCCC1. The molecular weight excluding hydrogens is 196 g/mol. The lowest BCUT2D eigenvalue weighted by molar-refractivity contribution is -0.138. The van der Waals surface area contributed by atoms with E-state index in [9.17, 15) is 14.4 Å². The van der Waals surface area contributed by atoms with Gasteiger partial charge >= 0.3 is 0 Å². The number of Topliss-reactive ketones (excluding diaryl/α,β-unsaturated/α-hetero) is 2. The lowest BCUT2D eigenvalue weighted by atomic mass is 9.99. The second-order valence-corrected chi connectivity index (χ2v) is 3.98. The molecular formula is C11H16O4. The summed E-state index contributed by atoms with van der Waals surface area (Å²) in [4.78, 5) is 32.7. The Labute approximate surface area is 90.4 Å². The summed E-state index contributed by atoms with van der Waals surface area (Å²) in [6.07, 6.45) is 3.52. The standard InChI is InChI=1S/C11H16O4/c12-8-15-7-11(14)6-10(13)5-9-3-1-2-4-9/h8-9H,1-7H2/i8D. The van der Waals surface area contributed by atoms with Crippen LogP contribution in [0.3, 0.4) is 0 Å². The van der Waals surface area contributed by atoms with Gasteiger partial charge in [0, 0.05) is 6.42 Å². The highest BCUT2D eigenvalue weighted by Gasteiger charge is 2.19. The molecule has 0 bridgehead atoms. The van der Waals surface area contributed by atoms with Gasteiger partial charge in [0.05, 0.1) is 6.42 Å². The molecule has 1 saturated carbocycles. The predicted molar refractivity (Wildman–Crippen MR) is 53.2 cm³/mol. The van der Waals surface area contributed by atoms with Gasteiger partial charge in [0.15, 0.2) is 7.15 Å². The number of hydrogen-bond donors (Lipinski definition) is 0. The van der Waals surface area contributed by atoms with Crippen molar-refractivity contribution < 1.29 is 20.5 Å². The van der Waals surface area contributed by atoms with E-state index < -0.39 is 18.8 Å². The molecule has 0 aromatic rings. The summed E-state index contributed by atoms with van der Waals surface area (Å²) in [5.41, 5.74) is 0. The van der Waals surface area contributed by atoms with Crippen LogP contribution in [0, 0.1) is 5.92 Å². The number of hydrogen-bond acceptors (Lipinski definition) is 4. The third-order valence-electron chi connectivity index (χ3n) is 2.68. The molecule has 0 amide bonds. The summed E-state index contributed by atoms with van der Waals surface area (Å²) >= 11 is 0. The van der Waals surface area contributed by atoms with E-state index in [-0.39, 0.29) is 12.2 Å². The molecule has 0 spiro atoms. The van der Waals surface area contributed by atoms with Crippen LogP contribution < -0.4 is 0 Å². The molecule has 0 radical (unpaired) electrons. The van der Waals surface area contributed by atoms with Crippen LogP contribution in [0.5, 0.6) is 0 Å². The van der Waals surface area contributed by atoms with Crippen molar-refractivity contribution in [3.05, 3.63) is 0 Å². The zero-order chi connectivity index (χ0) is 12.0. The van der Waals surface area contributed by atoms with Crippen molar-refractivity contribution in [3.8, 4) is 0 Å². The van der Waals surface area contributed by atoms with E-state index in [1.165, 1.54) is 12.8 Å². The molecule has 0 aromatic carbocycles. The fraction of sp³-hybridized carbons (Fsp3) is 0.727. The van der Waals surface area contributed by atoms with Crippen molar-refractivity contribution in [1.29, 1.82) is 0 Å². The molecule has 0 N–H and O–H groups in total. The van der Waals surface area contributed by atoms with Crippen LogP contribution in [0.2, 0.25) is 0 Å². The van der Waals surface area contributed by atoms with Crippen LogP contribution >= 0.6 is 0 Å². The molecule has 1 aliphatic rings. The number of rotatable bonds is 6. The van der Waals surface area contributed by atoms with Gasteiger partial charge in [-0.3, -0.25) is 14.4 Å². The Morgan fingerprint density at radius 1 is 1.33 bits per heavy atom. The largest absolute Gasteiger partial charge is 0.460 e. The van der Waals surface area contributed by atoms with E-state index in [1.807, 2.05) is 0 Å². The smallest absolute Gasteiger partial charge is 0.293 e. The van der Waals surface area contributed by atoms with Crippen molar-refractivity contribution >= 4 is 18.0 Å². The van der Waals surface area contributed by atoms with E-state index in [0.29, 0.717) is 12.3 Å². The van der Waals surface area contributed by atoms with E-state index in [4.69, 9.17) is 1.37 Å². The maximum Gasteiger partial charge on any atom is 0.293 e. The second-order valence-electron chi connectivity index (χ2n) is 3.98. The molecule has 0 unspecified atom stereocenters. The Bertz CT molecular complexity index is 282. The van der Waals surface area contributed by atoms with Gasteiger partial charge in [-0.2, -0.15) is 0 Å². The topological polar surface area (TPSA) is 60.4 Å².